The molecule has 0 aliphatic carbocycles. The zero-order valence-electron chi connectivity index (χ0n) is 13.1. The summed E-state index contributed by atoms with van der Waals surface area (Å²) in [7, 11) is 1.65. The van der Waals surface area contributed by atoms with Crippen molar-refractivity contribution in [1.29, 1.82) is 0 Å². The second-order valence-corrected chi connectivity index (χ2v) is 7.23. The highest BCUT2D eigenvalue weighted by atomic mass is 32.1. The number of phenolic OH excluding ortho intramolecular Hbond substituents is 1. The van der Waals surface area contributed by atoms with Gasteiger partial charge >= 0.3 is 0 Å². The molecular weight excluding hydrogens is 298 g/mol. The number of aromatic hydroxyl groups is 1. The molecule has 1 aromatic heterocycles. The van der Waals surface area contributed by atoms with E-state index >= 15 is 0 Å². The monoisotopic (exact) mass is 317 g/mol. The summed E-state index contributed by atoms with van der Waals surface area (Å²) in [5, 5.41) is 9.48. The summed E-state index contributed by atoms with van der Waals surface area (Å²) in [5.74, 6) is 0.130. The van der Waals surface area contributed by atoms with Crippen molar-refractivity contribution in [3.8, 4) is 5.75 Å². The number of nitrogens with zero attached hydrogens (tertiary/aromatic N) is 1. The molecule has 0 saturated heterocycles. The standard InChI is InChI=1S/C17H19NO3S/c1-17(2,3)14(20)10-15-18(4)16(21)13(22-15)9-11-6-5-7-12(19)8-11/h5-10,19H,1-4H3/b13-9-,15-10+. The molecule has 22 heavy (non-hydrogen) atoms. The molecule has 0 unspecified atom stereocenters. The van der Waals surface area contributed by atoms with E-state index in [2.05, 4.69) is 0 Å². The van der Waals surface area contributed by atoms with Crippen LogP contribution in [0.2, 0.25) is 0 Å². The van der Waals surface area contributed by atoms with Gasteiger partial charge in [-0.2, -0.15) is 0 Å². The van der Waals surface area contributed by atoms with E-state index in [0.29, 0.717) is 9.20 Å². The second-order valence-electron chi connectivity index (χ2n) is 6.17. The average Bonchev–Trinajstić information content (AvgIpc) is 2.66. The molecule has 0 aliphatic heterocycles. The van der Waals surface area contributed by atoms with Gasteiger partial charge in [0.25, 0.3) is 5.56 Å². The van der Waals surface area contributed by atoms with Crippen LogP contribution in [-0.4, -0.2) is 15.5 Å². The Bertz CT molecular complexity index is 882. The largest absolute Gasteiger partial charge is 0.508 e. The van der Waals surface area contributed by atoms with Gasteiger partial charge in [0.1, 0.15) is 10.4 Å². The van der Waals surface area contributed by atoms with Crippen molar-refractivity contribution in [1.82, 2.24) is 4.57 Å². The first-order chi connectivity index (χ1) is 10.2. The fraction of sp³-hybridized carbons (Fsp3) is 0.294. The second kappa shape index (κ2) is 5.93. The summed E-state index contributed by atoms with van der Waals surface area (Å²) in [6.45, 7) is 5.53. The Morgan fingerprint density at radius 3 is 2.59 bits per heavy atom. The minimum absolute atomic E-state index is 0.0201. The lowest BCUT2D eigenvalue weighted by Crippen LogP contribution is -2.30. The zero-order valence-corrected chi connectivity index (χ0v) is 13.9. The van der Waals surface area contributed by atoms with Crippen molar-refractivity contribution in [3.05, 3.63) is 49.4 Å². The molecule has 0 bridgehead atoms. The predicted octanol–water partition coefficient (Wildman–Crippen LogP) is 1.38. The van der Waals surface area contributed by atoms with Crippen molar-refractivity contribution < 1.29 is 9.90 Å². The van der Waals surface area contributed by atoms with E-state index < -0.39 is 5.41 Å². The van der Waals surface area contributed by atoms with E-state index in [4.69, 9.17) is 0 Å². The Hall–Kier alpha value is -2.14. The molecule has 1 aromatic carbocycles. The Balaban J connectivity index is 2.59. The third-order valence-corrected chi connectivity index (χ3v) is 4.34. The number of carbonyl (C=O) groups is 1. The van der Waals surface area contributed by atoms with Gasteiger partial charge in [0, 0.05) is 18.5 Å². The van der Waals surface area contributed by atoms with E-state index in [-0.39, 0.29) is 17.1 Å². The lowest BCUT2D eigenvalue weighted by molar-refractivity contribution is -0.120. The fourth-order valence-electron chi connectivity index (χ4n) is 1.80. The van der Waals surface area contributed by atoms with Gasteiger partial charge in [-0.05, 0) is 23.8 Å². The molecule has 1 N–H and O–H groups in total. The highest BCUT2D eigenvalue weighted by Crippen LogP contribution is 2.15. The lowest BCUT2D eigenvalue weighted by atomic mass is 9.91. The van der Waals surface area contributed by atoms with Crippen LogP contribution in [0, 0.1) is 5.41 Å². The highest BCUT2D eigenvalue weighted by molar-refractivity contribution is 7.07. The molecule has 0 aliphatic rings. The van der Waals surface area contributed by atoms with Crippen LogP contribution < -0.4 is 14.8 Å². The molecule has 2 rings (SSSR count). The Morgan fingerprint density at radius 1 is 1.32 bits per heavy atom. The van der Waals surface area contributed by atoms with E-state index in [1.165, 1.54) is 22.0 Å². The summed E-state index contributed by atoms with van der Waals surface area (Å²) < 4.78 is 2.63. The van der Waals surface area contributed by atoms with Crippen molar-refractivity contribution in [2.24, 2.45) is 12.5 Å². The van der Waals surface area contributed by atoms with Gasteiger partial charge < -0.3 is 9.67 Å². The number of hydrogen-bond donors (Lipinski definition) is 1. The van der Waals surface area contributed by atoms with E-state index in [9.17, 15) is 14.7 Å². The Kier molecular flexibility index (Phi) is 4.37. The van der Waals surface area contributed by atoms with E-state index in [1.54, 1.807) is 31.3 Å². The van der Waals surface area contributed by atoms with Gasteiger partial charge in [-0.3, -0.25) is 9.59 Å². The minimum atomic E-state index is -0.477. The molecule has 4 nitrogen and oxygen atoms in total. The molecule has 0 fully saturated rings. The van der Waals surface area contributed by atoms with Gasteiger partial charge in [0.15, 0.2) is 5.78 Å². The molecule has 0 amide bonds. The maximum Gasteiger partial charge on any atom is 0.268 e. The molecule has 0 atom stereocenters. The molecule has 5 heteroatoms. The van der Waals surface area contributed by atoms with Crippen LogP contribution in [0.4, 0.5) is 0 Å². The summed E-state index contributed by atoms with van der Waals surface area (Å²) in [6.07, 6.45) is 3.23. The quantitative estimate of drug-likeness (QED) is 0.910. The molecule has 0 radical (unpaired) electrons. The van der Waals surface area contributed by atoms with Gasteiger partial charge in [-0.15, -0.1) is 11.3 Å². The molecule has 0 saturated carbocycles. The van der Waals surface area contributed by atoms with Crippen LogP contribution >= 0.6 is 11.3 Å². The first-order valence-corrected chi connectivity index (χ1v) is 7.73. The van der Waals surface area contributed by atoms with Crippen molar-refractivity contribution in [2.75, 3.05) is 0 Å². The topological polar surface area (TPSA) is 59.3 Å². The van der Waals surface area contributed by atoms with Crippen LogP contribution in [0.5, 0.6) is 5.75 Å². The fourth-order valence-corrected chi connectivity index (χ4v) is 2.83. The maximum absolute atomic E-state index is 12.3. The smallest absolute Gasteiger partial charge is 0.268 e. The number of aromatic nitrogens is 1. The van der Waals surface area contributed by atoms with E-state index in [0.717, 1.165) is 5.56 Å². The Labute approximate surface area is 132 Å². The first-order valence-electron chi connectivity index (χ1n) is 6.91. The van der Waals surface area contributed by atoms with Crippen molar-refractivity contribution in [3.63, 3.8) is 0 Å². The predicted molar refractivity (Wildman–Crippen MR) is 89.4 cm³/mol. The van der Waals surface area contributed by atoms with Crippen molar-refractivity contribution in [2.45, 2.75) is 20.8 Å². The normalized spacial score (nSPS) is 13.6. The maximum atomic E-state index is 12.3. The number of phenols is 1. The minimum Gasteiger partial charge on any atom is -0.508 e. The average molecular weight is 317 g/mol. The first kappa shape index (κ1) is 16.2. The number of thiazole rings is 1. The molecule has 0 spiro atoms. The van der Waals surface area contributed by atoms with Crippen LogP contribution in [0.1, 0.15) is 26.3 Å². The molecule has 116 valence electrons. The van der Waals surface area contributed by atoms with Crippen LogP contribution in [0.25, 0.3) is 12.2 Å². The SMILES string of the molecule is Cn1c(=O)/c(=C/c2cccc(O)c2)s/c1=C/C(=O)C(C)(C)C. The van der Waals surface area contributed by atoms with Gasteiger partial charge in [0.05, 0.1) is 4.53 Å². The number of carbonyl (C=O) groups excluding carboxylic acids is 1. The molecule has 1 heterocycles. The van der Waals surface area contributed by atoms with Crippen LogP contribution in [0.3, 0.4) is 0 Å². The molecule has 2 aromatic rings. The number of Topliss-reactive ketones (excluding diaryl/α,β-unsaturated/α-hetero) is 1. The van der Waals surface area contributed by atoms with Gasteiger partial charge in [0.2, 0.25) is 0 Å². The number of rotatable bonds is 2. The van der Waals surface area contributed by atoms with E-state index in [1.807, 2.05) is 26.8 Å². The third-order valence-electron chi connectivity index (χ3n) is 3.22. The lowest BCUT2D eigenvalue weighted by Gasteiger charge is -2.12. The van der Waals surface area contributed by atoms with Crippen LogP contribution in [-0.2, 0) is 11.8 Å². The summed E-state index contributed by atoms with van der Waals surface area (Å²) in [6, 6.07) is 6.69. The number of ketones is 1. The zero-order chi connectivity index (χ0) is 16.5. The molecular formula is C17H19NO3S. The van der Waals surface area contributed by atoms with Crippen molar-refractivity contribution >= 4 is 29.3 Å². The summed E-state index contributed by atoms with van der Waals surface area (Å²) >= 11 is 1.27. The summed E-state index contributed by atoms with van der Waals surface area (Å²) in [5.41, 5.74) is 0.115. The Morgan fingerprint density at radius 2 is 2.00 bits per heavy atom. The van der Waals surface area contributed by atoms with Gasteiger partial charge in [-0.25, -0.2) is 0 Å². The summed E-state index contributed by atoms with van der Waals surface area (Å²) in [4.78, 5) is 24.4. The number of benzene rings is 1. The number of hydrogen-bond acceptors (Lipinski definition) is 4. The third kappa shape index (κ3) is 3.54. The van der Waals surface area contributed by atoms with Crippen LogP contribution in [0.15, 0.2) is 29.1 Å². The highest BCUT2D eigenvalue weighted by Gasteiger charge is 2.19. The van der Waals surface area contributed by atoms with Gasteiger partial charge in [-0.1, -0.05) is 32.9 Å².